The van der Waals surface area contributed by atoms with Gasteiger partial charge in [0.2, 0.25) is 15.9 Å². The molecule has 0 saturated heterocycles. The first-order valence-corrected chi connectivity index (χ1v) is 8.63. The van der Waals surface area contributed by atoms with Crippen LogP contribution in [0.15, 0.2) is 29.6 Å². The van der Waals surface area contributed by atoms with Gasteiger partial charge in [-0.25, -0.2) is 13.1 Å². The largest absolute Gasteiger partial charge is 0.349 e. The van der Waals surface area contributed by atoms with Gasteiger partial charge in [0.1, 0.15) is 5.75 Å². The summed E-state index contributed by atoms with van der Waals surface area (Å²) in [5.41, 5.74) is 1.00. The van der Waals surface area contributed by atoms with Crippen LogP contribution in [0.4, 0.5) is 0 Å². The smallest absolute Gasteiger partial charge is 0.237 e. The number of hydrogen-bond donors (Lipinski definition) is 2. The number of nitrogens with one attached hydrogen (secondary N) is 2. The summed E-state index contributed by atoms with van der Waals surface area (Å²) in [4.78, 5) is 11.7. The van der Waals surface area contributed by atoms with E-state index in [9.17, 15) is 13.2 Å². The average molecular weight is 312 g/mol. The van der Waals surface area contributed by atoms with Gasteiger partial charge in [-0.2, -0.15) is 0 Å². The van der Waals surface area contributed by atoms with Gasteiger partial charge >= 0.3 is 0 Å². The van der Waals surface area contributed by atoms with E-state index < -0.39 is 21.7 Å². The first-order valence-electron chi connectivity index (χ1n) is 6.09. The van der Waals surface area contributed by atoms with Gasteiger partial charge < -0.3 is 5.32 Å². The lowest BCUT2D eigenvalue weighted by Gasteiger charge is -2.13. The molecule has 0 fully saturated rings. The van der Waals surface area contributed by atoms with E-state index in [-0.39, 0.29) is 6.04 Å². The Hall–Kier alpha value is -1.44. The zero-order chi connectivity index (χ0) is 14.8. The Balaban J connectivity index is 2.12. The minimum atomic E-state index is -3.54. The Kier molecular flexibility index (Phi) is 4.42. The Morgan fingerprint density at radius 1 is 1.35 bits per heavy atom. The minimum Gasteiger partial charge on any atom is -0.349 e. The summed E-state index contributed by atoms with van der Waals surface area (Å²) in [5, 5.41) is 5.79. The van der Waals surface area contributed by atoms with Gasteiger partial charge in [0.15, 0.2) is 0 Å². The summed E-state index contributed by atoms with van der Waals surface area (Å²) in [5.74, 6) is -1.07. The number of carbonyl (C=O) groups excluding carboxylic acids is 1. The van der Waals surface area contributed by atoms with Gasteiger partial charge in [-0.15, -0.1) is 11.3 Å². The summed E-state index contributed by atoms with van der Waals surface area (Å²) in [7, 11) is -2.24. The van der Waals surface area contributed by atoms with Crippen LogP contribution in [0.2, 0.25) is 0 Å². The van der Waals surface area contributed by atoms with Crippen molar-refractivity contribution in [3.05, 3.63) is 35.2 Å². The molecule has 0 aliphatic rings. The molecule has 20 heavy (non-hydrogen) atoms. The highest BCUT2D eigenvalue weighted by molar-refractivity contribution is 7.90. The van der Waals surface area contributed by atoms with Crippen LogP contribution in [0, 0.1) is 0 Å². The van der Waals surface area contributed by atoms with Crippen LogP contribution in [-0.4, -0.2) is 27.1 Å². The predicted octanol–water partition coefficient (Wildman–Crippen LogP) is 1.63. The molecular formula is C13H16N2O3S2. The summed E-state index contributed by atoms with van der Waals surface area (Å²) in [6.07, 6.45) is 0. The minimum absolute atomic E-state index is 0.231. The van der Waals surface area contributed by atoms with Crippen molar-refractivity contribution in [2.45, 2.75) is 13.0 Å². The third kappa shape index (κ3) is 3.36. The summed E-state index contributed by atoms with van der Waals surface area (Å²) in [6, 6.07) is 7.69. The predicted molar refractivity (Wildman–Crippen MR) is 81.2 cm³/mol. The first-order chi connectivity index (χ1) is 9.43. The van der Waals surface area contributed by atoms with Crippen molar-refractivity contribution in [1.82, 2.24) is 10.0 Å². The quantitative estimate of drug-likeness (QED) is 0.881. The van der Waals surface area contributed by atoms with Crippen molar-refractivity contribution >= 4 is 37.4 Å². The molecule has 0 spiro atoms. The Morgan fingerprint density at radius 3 is 2.75 bits per heavy atom. The molecule has 108 valence electrons. The van der Waals surface area contributed by atoms with E-state index in [2.05, 4.69) is 10.0 Å². The number of carbonyl (C=O) groups is 1. The van der Waals surface area contributed by atoms with E-state index >= 15 is 0 Å². The van der Waals surface area contributed by atoms with Gasteiger partial charge in [-0.1, -0.05) is 18.2 Å². The van der Waals surface area contributed by atoms with Gasteiger partial charge in [0.05, 0.1) is 6.04 Å². The summed E-state index contributed by atoms with van der Waals surface area (Å²) >= 11 is 1.61. The fraction of sp³-hybridized carbons (Fsp3) is 0.308. The molecule has 0 unspecified atom stereocenters. The molecule has 2 N–H and O–H groups in total. The molecule has 7 heteroatoms. The summed E-state index contributed by atoms with van der Waals surface area (Å²) in [6.45, 7) is 1.85. The molecule has 0 aliphatic carbocycles. The number of hydrogen-bond acceptors (Lipinski definition) is 4. The van der Waals surface area contributed by atoms with Gasteiger partial charge in [-0.3, -0.25) is 4.79 Å². The van der Waals surface area contributed by atoms with Crippen LogP contribution in [0.5, 0.6) is 0 Å². The van der Waals surface area contributed by atoms with E-state index in [4.69, 9.17) is 0 Å². The highest BCUT2D eigenvalue weighted by atomic mass is 32.2. The molecule has 1 heterocycles. The normalized spacial score (nSPS) is 13.3. The molecule has 2 rings (SSSR count). The van der Waals surface area contributed by atoms with E-state index in [1.807, 2.05) is 36.6 Å². The zero-order valence-electron chi connectivity index (χ0n) is 11.2. The SMILES string of the molecule is CNS(=O)(=O)CC(=O)N[C@@H](C)c1csc2ccccc12. The van der Waals surface area contributed by atoms with E-state index in [0.717, 1.165) is 15.6 Å². The molecule has 0 saturated carbocycles. The fourth-order valence-electron chi connectivity index (χ4n) is 1.94. The lowest BCUT2D eigenvalue weighted by Crippen LogP contribution is -2.36. The maximum absolute atomic E-state index is 11.7. The molecule has 1 amide bonds. The lowest BCUT2D eigenvalue weighted by molar-refractivity contribution is -0.119. The molecule has 1 atom stereocenters. The third-order valence-electron chi connectivity index (χ3n) is 2.99. The maximum atomic E-state index is 11.7. The average Bonchev–Trinajstić information content (AvgIpc) is 2.81. The van der Waals surface area contributed by atoms with Crippen LogP contribution in [0.1, 0.15) is 18.5 Å². The van der Waals surface area contributed by atoms with Crippen molar-refractivity contribution in [2.75, 3.05) is 12.8 Å². The second-order valence-corrected chi connectivity index (χ2v) is 7.28. The van der Waals surface area contributed by atoms with E-state index in [1.165, 1.54) is 7.05 Å². The number of sulfonamides is 1. The monoisotopic (exact) mass is 312 g/mol. The van der Waals surface area contributed by atoms with Crippen molar-refractivity contribution in [3.8, 4) is 0 Å². The van der Waals surface area contributed by atoms with Gasteiger partial charge in [0, 0.05) is 4.70 Å². The fourth-order valence-corrected chi connectivity index (χ4v) is 3.57. The zero-order valence-corrected chi connectivity index (χ0v) is 12.8. The second-order valence-electron chi connectivity index (χ2n) is 4.44. The van der Waals surface area contributed by atoms with Gasteiger partial charge in [0.25, 0.3) is 0 Å². The number of rotatable bonds is 5. The van der Waals surface area contributed by atoms with E-state index in [0.29, 0.717) is 0 Å². The molecular weight excluding hydrogens is 296 g/mol. The molecule has 1 aromatic carbocycles. The molecule has 0 aliphatic heterocycles. The number of benzene rings is 1. The van der Waals surface area contributed by atoms with Crippen molar-refractivity contribution < 1.29 is 13.2 Å². The topological polar surface area (TPSA) is 75.3 Å². The standard InChI is InChI=1S/C13H16N2O3S2/c1-9(15-13(16)8-20(17,18)14-2)11-7-19-12-6-4-3-5-10(11)12/h3-7,9,14H,8H2,1-2H3,(H,15,16)/t9-/m0/s1. The highest BCUT2D eigenvalue weighted by Gasteiger charge is 2.18. The molecule has 5 nitrogen and oxygen atoms in total. The molecule has 0 radical (unpaired) electrons. The van der Waals surface area contributed by atoms with Crippen LogP contribution < -0.4 is 10.0 Å². The second kappa shape index (κ2) is 5.90. The van der Waals surface area contributed by atoms with E-state index in [1.54, 1.807) is 11.3 Å². The van der Waals surface area contributed by atoms with Crippen LogP contribution in [-0.2, 0) is 14.8 Å². The van der Waals surface area contributed by atoms with Crippen molar-refractivity contribution in [1.29, 1.82) is 0 Å². The molecule has 2 aromatic rings. The number of amides is 1. The molecule has 1 aromatic heterocycles. The van der Waals surface area contributed by atoms with Crippen LogP contribution in [0.3, 0.4) is 0 Å². The Labute approximate surface area is 122 Å². The number of thiophene rings is 1. The lowest BCUT2D eigenvalue weighted by atomic mass is 10.1. The van der Waals surface area contributed by atoms with Crippen molar-refractivity contribution in [3.63, 3.8) is 0 Å². The van der Waals surface area contributed by atoms with Crippen LogP contribution in [0.25, 0.3) is 10.1 Å². The Morgan fingerprint density at radius 2 is 2.05 bits per heavy atom. The maximum Gasteiger partial charge on any atom is 0.237 e. The summed E-state index contributed by atoms with van der Waals surface area (Å²) < 4.78 is 25.9. The van der Waals surface area contributed by atoms with Gasteiger partial charge in [-0.05, 0) is 36.4 Å². The third-order valence-corrected chi connectivity index (χ3v) is 5.23. The van der Waals surface area contributed by atoms with Crippen LogP contribution >= 0.6 is 11.3 Å². The van der Waals surface area contributed by atoms with Crippen molar-refractivity contribution in [2.24, 2.45) is 0 Å². The highest BCUT2D eigenvalue weighted by Crippen LogP contribution is 2.29. The first kappa shape index (κ1) is 15.0. The molecule has 0 bridgehead atoms. The number of fused-ring (bicyclic) bond motifs is 1. The Bertz CT molecular complexity index is 722.